The van der Waals surface area contributed by atoms with Crippen molar-refractivity contribution in [3.05, 3.63) is 87.1 Å². The van der Waals surface area contributed by atoms with Crippen LogP contribution < -0.4 is 4.74 Å². The van der Waals surface area contributed by atoms with E-state index in [4.69, 9.17) is 16.3 Å². The molecule has 2 amide bonds. The van der Waals surface area contributed by atoms with E-state index in [-0.39, 0.29) is 30.4 Å². The van der Waals surface area contributed by atoms with Gasteiger partial charge in [0, 0.05) is 28.0 Å². The molecule has 33 heavy (non-hydrogen) atoms. The minimum atomic E-state index is -0.184. The van der Waals surface area contributed by atoms with Crippen molar-refractivity contribution in [2.24, 2.45) is 0 Å². The summed E-state index contributed by atoms with van der Waals surface area (Å²) in [5.41, 5.74) is 1.76. The van der Waals surface area contributed by atoms with Gasteiger partial charge in [0.1, 0.15) is 18.9 Å². The topological polar surface area (TPSA) is 49.9 Å². The molecule has 5 nitrogen and oxygen atoms in total. The first-order valence-corrected chi connectivity index (χ1v) is 12.5. The van der Waals surface area contributed by atoms with Crippen molar-refractivity contribution in [1.82, 2.24) is 9.80 Å². The van der Waals surface area contributed by atoms with E-state index in [1.54, 1.807) is 28.4 Å². The van der Waals surface area contributed by atoms with Crippen molar-refractivity contribution in [1.29, 1.82) is 0 Å². The van der Waals surface area contributed by atoms with Gasteiger partial charge in [-0.3, -0.25) is 9.59 Å². The van der Waals surface area contributed by atoms with E-state index in [2.05, 4.69) is 11.4 Å². The van der Waals surface area contributed by atoms with E-state index in [1.165, 1.54) is 4.88 Å². The van der Waals surface area contributed by atoms with Crippen LogP contribution in [-0.4, -0.2) is 47.4 Å². The molecule has 1 aliphatic carbocycles. The largest absolute Gasteiger partial charge is 0.491 e. The molecule has 7 heteroatoms. The Balaban J connectivity index is 1.33. The molecular weight excluding hydrogens is 456 g/mol. The standard InChI is InChI=1S/C26H25ClN2O3S/c27-19-6-10-21(11-7-19)32-17-23-22-13-15-33-24(22)12-14-28(23)25(30)16-29(20-8-9-20)26(31)18-4-2-1-3-5-18/h1-7,10-11,13,15,20,23H,8-9,12,14,16-17H2. The van der Waals surface area contributed by atoms with Gasteiger partial charge in [-0.1, -0.05) is 29.8 Å². The minimum absolute atomic E-state index is 0.0345. The monoisotopic (exact) mass is 480 g/mol. The predicted molar refractivity (Wildman–Crippen MR) is 130 cm³/mol. The molecule has 1 aliphatic heterocycles. The van der Waals surface area contributed by atoms with Gasteiger partial charge in [0.25, 0.3) is 5.91 Å². The maximum atomic E-state index is 13.5. The zero-order chi connectivity index (χ0) is 22.8. The fourth-order valence-corrected chi connectivity index (χ4v) is 5.37. The van der Waals surface area contributed by atoms with Gasteiger partial charge in [0.15, 0.2) is 0 Å². The summed E-state index contributed by atoms with van der Waals surface area (Å²) in [4.78, 5) is 31.6. The predicted octanol–water partition coefficient (Wildman–Crippen LogP) is 5.21. The van der Waals surface area contributed by atoms with Crippen molar-refractivity contribution >= 4 is 34.8 Å². The summed E-state index contributed by atoms with van der Waals surface area (Å²) in [6, 6.07) is 18.5. The lowest BCUT2D eigenvalue weighted by Crippen LogP contribution is -2.48. The Morgan fingerprint density at radius 1 is 1.06 bits per heavy atom. The van der Waals surface area contributed by atoms with Crippen LogP contribution in [0.3, 0.4) is 0 Å². The van der Waals surface area contributed by atoms with E-state index in [0.29, 0.717) is 29.5 Å². The second-order valence-corrected chi connectivity index (χ2v) is 9.88. The number of carbonyl (C=O) groups is 2. The third-order valence-electron chi connectivity index (χ3n) is 6.21. The number of thiophene rings is 1. The van der Waals surface area contributed by atoms with Crippen LogP contribution in [0.25, 0.3) is 0 Å². The average molecular weight is 481 g/mol. The smallest absolute Gasteiger partial charge is 0.254 e. The van der Waals surface area contributed by atoms with Crippen molar-refractivity contribution in [3.8, 4) is 5.75 Å². The molecule has 2 heterocycles. The molecule has 1 atom stereocenters. The van der Waals surface area contributed by atoms with E-state index < -0.39 is 0 Å². The Kier molecular flexibility index (Phi) is 6.38. The Labute approximate surface area is 202 Å². The number of fused-ring (bicyclic) bond motifs is 1. The molecule has 1 fully saturated rings. The summed E-state index contributed by atoms with van der Waals surface area (Å²) in [6.45, 7) is 1.07. The third-order valence-corrected chi connectivity index (χ3v) is 7.46. The highest BCUT2D eigenvalue weighted by molar-refractivity contribution is 7.10. The van der Waals surface area contributed by atoms with Crippen LogP contribution in [0.2, 0.25) is 5.02 Å². The van der Waals surface area contributed by atoms with E-state index >= 15 is 0 Å². The van der Waals surface area contributed by atoms with E-state index in [9.17, 15) is 9.59 Å². The quantitative estimate of drug-likeness (QED) is 0.466. The molecule has 2 aliphatic rings. The number of nitrogens with zero attached hydrogens (tertiary/aromatic N) is 2. The Morgan fingerprint density at radius 2 is 1.82 bits per heavy atom. The van der Waals surface area contributed by atoms with Crippen LogP contribution in [0.5, 0.6) is 5.75 Å². The molecule has 0 N–H and O–H groups in total. The van der Waals surface area contributed by atoms with Gasteiger partial charge in [-0.15, -0.1) is 11.3 Å². The lowest BCUT2D eigenvalue weighted by Gasteiger charge is -2.37. The Bertz CT molecular complexity index is 1130. The number of benzene rings is 2. The molecule has 1 saturated carbocycles. The SMILES string of the molecule is O=C(c1ccccc1)N(CC(=O)N1CCc2sccc2C1COc1ccc(Cl)cc1)C1CC1. The van der Waals surface area contributed by atoms with Crippen molar-refractivity contribution in [2.75, 3.05) is 19.7 Å². The summed E-state index contributed by atoms with van der Waals surface area (Å²) < 4.78 is 6.06. The van der Waals surface area contributed by atoms with Crippen LogP contribution in [-0.2, 0) is 11.2 Å². The van der Waals surface area contributed by atoms with Crippen LogP contribution in [0.4, 0.5) is 0 Å². The second-order valence-electron chi connectivity index (χ2n) is 8.45. The first-order chi connectivity index (χ1) is 16.1. The molecule has 0 spiro atoms. The summed E-state index contributed by atoms with van der Waals surface area (Å²) in [5.74, 6) is 0.606. The third kappa shape index (κ3) is 4.92. The summed E-state index contributed by atoms with van der Waals surface area (Å²) in [5, 5.41) is 2.73. The molecule has 1 aromatic heterocycles. The number of hydrogen-bond donors (Lipinski definition) is 0. The second kappa shape index (κ2) is 9.57. The normalized spacial score (nSPS) is 17.4. The Morgan fingerprint density at radius 3 is 2.55 bits per heavy atom. The average Bonchev–Trinajstić information content (AvgIpc) is 3.57. The zero-order valence-corrected chi connectivity index (χ0v) is 19.7. The van der Waals surface area contributed by atoms with Gasteiger partial charge in [-0.05, 0) is 72.7 Å². The summed E-state index contributed by atoms with van der Waals surface area (Å²) in [6.07, 6.45) is 2.72. The van der Waals surface area contributed by atoms with Gasteiger partial charge in [-0.2, -0.15) is 0 Å². The van der Waals surface area contributed by atoms with E-state index in [1.807, 2.05) is 47.4 Å². The number of amides is 2. The molecule has 170 valence electrons. The lowest BCUT2D eigenvalue weighted by molar-refractivity contribution is -0.135. The number of rotatable bonds is 7. The highest BCUT2D eigenvalue weighted by Gasteiger charge is 2.38. The van der Waals surface area contributed by atoms with Crippen LogP contribution >= 0.6 is 22.9 Å². The van der Waals surface area contributed by atoms with E-state index in [0.717, 1.165) is 24.8 Å². The van der Waals surface area contributed by atoms with Crippen LogP contribution in [0.1, 0.15) is 39.7 Å². The molecule has 5 rings (SSSR count). The maximum absolute atomic E-state index is 13.5. The molecule has 1 unspecified atom stereocenters. The van der Waals surface area contributed by atoms with Gasteiger partial charge in [0.05, 0.1) is 6.04 Å². The molecule has 2 aromatic carbocycles. The molecule has 0 saturated heterocycles. The number of carbonyl (C=O) groups excluding carboxylic acids is 2. The van der Waals surface area contributed by atoms with Crippen molar-refractivity contribution < 1.29 is 14.3 Å². The lowest BCUT2D eigenvalue weighted by atomic mass is 10.0. The molecule has 3 aromatic rings. The fraction of sp³-hybridized carbons (Fsp3) is 0.308. The highest BCUT2D eigenvalue weighted by atomic mass is 35.5. The highest BCUT2D eigenvalue weighted by Crippen LogP contribution is 2.35. The van der Waals surface area contributed by atoms with Gasteiger partial charge in [0.2, 0.25) is 5.91 Å². The first-order valence-electron chi connectivity index (χ1n) is 11.2. The number of ether oxygens (including phenoxy) is 1. The van der Waals surface area contributed by atoms with Gasteiger partial charge in [-0.25, -0.2) is 0 Å². The molecule has 0 bridgehead atoms. The van der Waals surface area contributed by atoms with Crippen molar-refractivity contribution in [2.45, 2.75) is 31.3 Å². The zero-order valence-electron chi connectivity index (χ0n) is 18.2. The summed E-state index contributed by atoms with van der Waals surface area (Å²) in [7, 11) is 0. The number of halogens is 1. The fourth-order valence-electron chi connectivity index (χ4n) is 4.32. The molecular formula is C26H25ClN2O3S. The van der Waals surface area contributed by atoms with Crippen molar-refractivity contribution in [3.63, 3.8) is 0 Å². The van der Waals surface area contributed by atoms with Gasteiger partial charge >= 0.3 is 0 Å². The molecule has 0 radical (unpaired) electrons. The van der Waals surface area contributed by atoms with Crippen LogP contribution in [0, 0.1) is 0 Å². The maximum Gasteiger partial charge on any atom is 0.254 e. The van der Waals surface area contributed by atoms with Crippen LogP contribution in [0.15, 0.2) is 66.0 Å². The summed E-state index contributed by atoms with van der Waals surface area (Å²) >= 11 is 7.71. The first kappa shape index (κ1) is 22.0. The minimum Gasteiger partial charge on any atom is -0.491 e. The number of hydrogen-bond acceptors (Lipinski definition) is 4. The Hall–Kier alpha value is -2.83. The van der Waals surface area contributed by atoms with Gasteiger partial charge < -0.3 is 14.5 Å².